The zero-order valence-electron chi connectivity index (χ0n) is 24.9. The lowest BCUT2D eigenvalue weighted by Gasteiger charge is -2.19. The molecule has 212 valence electrons. The summed E-state index contributed by atoms with van der Waals surface area (Å²) in [5, 5.41) is 12.1. The molecular weight excluding hydrogens is 556 g/mol. The van der Waals surface area contributed by atoms with Gasteiger partial charge in [0.2, 0.25) is 0 Å². The van der Waals surface area contributed by atoms with Gasteiger partial charge in [0, 0.05) is 16.3 Å². The van der Waals surface area contributed by atoms with Crippen LogP contribution in [0.15, 0.2) is 158 Å². The molecule has 0 saturated heterocycles. The van der Waals surface area contributed by atoms with E-state index in [1.54, 1.807) is 0 Å². The van der Waals surface area contributed by atoms with Gasteiger partial charge in [-0.25, -0.2) is 9.97 Å². The number of hydrogen-bond acceptors (Lipinski definition) is 2. The van der Waals surface area contributed by atoms with Gasteiger partial charge in [0.05, 0.1) is 11.0 Å². The van der Waals surface area contributed by atoms with Crippen LogP contribution < -0.4 is 0 Å². The molecule has 0 aliphatic rings. The quantitative estimate of drug-likeness (QED) is 0.194. The molecule has 0 amide bonds. The molecule has 10 aromatic rings. The van der Waals surface area contributed by atoms with Crippen molar-refractivity contribution in [3.05, 3.63) is 158 Å². The molecule has 0 radical (unpaired) electrons. The second-order valence-electron chi connectivity index (χ2n) is 12.2. The van der Waals surface area contributed by atoms with E-state index in [1.807, 2.05) is 0 Å². The fourth-order valence-electron chi connectivity index (χ4n) is 7.38. The Morgan fingerprint density at radius 2 is 0.870 bits per heavy atom. The highest BCUT2D eigenvalue weighted by Crippen LogP contribution is 2.45. The largest absolute Gasteiger partial charge is 0.228 e. The second kappa shape index (κ2) is 9.69. The third kappa shape index (κ3) is 3.77. The smallest absolute Gasteiger partial charge is 0.160 e. The van der Waals surface area contributed by atoms with Gasteiger partial charge in [-0.05, 0) is 95.7 Å². The van der Waals surface area contributed by atoms with Crippen molar-refractivity contribution < 1.29 is 0 Å². The molecule has 0 aliphatic heterocycles. The zero-order chi connectivity index (χ0) is 30.2. The molecule has 2 nitrogen and oxygen atoms in total. The Morgan fingerprint density at radius 3 is 1.59 bits per heavy atom. The number of aromatic nitrogens is 2. The lowest BCUT2D eigenvalue weighted by atomic mass is 9.85. The Hall–Kier alpha value is -6.12. The van der Waals surface area contributed by atoms with E-state index in [2.05, 4.69) is 158 Å². The van der Waals surface area contributed by atoms with Gasteiger partial charge in [-0.1, -0.05) is 127 Å². The highest BCUT2D eigenvalue weighted by molar-refractivity contribution is 6.28. The average Bonchev–Trinajstić information content (AvgIpc) is 3.12. The first kappa shape index (κ1) is 25.2. The summed E-state index contributed by atoms with van der Waals surface area (Å²) < 4.78 is 0. The molecule has 10 rings (SSSR count). The van der Waals surface area contributed by atoms with Crippen molar-refractivity contribution in [1.29, 1.82) is 0 Å². The van der Waals surface area contributed by atoms with Crippen LogP contribution in [0.2, 0.25) is 0 Å². The SMILES string of the molecule is c1ccc2cc(-c3nc4ccc5c(-c6ccc7ccccc7c6)cc(-c6cccc7ccccc67)c6ccc(n3)c4c56)ccc2c1. The van der Waals surface area contributed by atoms with Gasteiger partial charge in [0.15, 0.2) is 5.82 Å². The Labute approximate surface area is 265 Å². The van der Waals surface area contributed by atoms with Crippen molar-refractivity contribution in [2.75, 3.05) is 0 Å². The van der Waals surface area contributed by atoms with Crippen LogP contribution in [0.5, 0.6) is 0 Å². The van der Waals surface area contributed by atoms with Crippen LogP contribution in [0.1, 0.15) is 0 Å². The van der Waals surface area contributed by atoms with Gasteiger partial charge in [-0.2, -0.15) is 0 Å². The van der Waals surface area contributed by atoms with E-state index in [0.717, 1.165) is 27.8 Å². The van der Waals surface area contributed by atoms with E-state index in [0.29, 0.717) is 0 Å². The van der Waals surface area contributed by atoms with Crippen molar-refractivity contribution in [3.63, 3.8) is 0 Å². The van der Waals surface area contributed by atoms with Crippen LogP contribution >= 0.6 is 0 Å². The van der Waals surface area contributed by atoms with Crippen molar-refractivity contribution >= 4 is 64.9 Å². The third-order valence-electron chi connectivity index (χ3n) is 9.59. The molecule has 0 N–H and O–H groups in total. The Morgan fingerprint density at radius 1 is 0.304 bits per heavy atom. The van der Waals surface area contributed by atoms with Gasteiger partial charge in [0.25, 0.3) is 0 Å². The fraction of sp³-hybridized carbons (Fsp3) is 0. The van der Waals surface area contributed by atoms with Crippen LogP contribution in [-0.2, 0) is 0 Å². The molecule has 0 bridgehead atoms. The molecular formula is C44H26N2. The molecule has 1 aromatic heterocycles. The summed E-state index contributed by atoms with van der Waals surface area (Å²) in [6, 6.07) is 56.9. The fourth-order valence-corrected chi connectivity index (χ4v) is 7.38. The summed E-state index contributed by atoms with van der Waals surface area (Å²) in [6.07, 6.45) is 0. The third-order valence-corrected chi connectivity index (χ3v) is 9.59. The van der Waals surface area contributed by atoms with Crippen molar-refractivity contribution in [3.8, 4) is 33.6 Å². The zero-order valence-corrected chi connectivity index (χ0v) is 24.9. The maximum atomic E-state index is 5.19. The number of nitrogens with zero attached hydrogens (tertiary/aromatic N) is 2. The molecule has 1 heterocycles. The Bertz CT molecular complexity index is 2790. The van der Waals surface area contributed by atoms with E-state index in [-0.39, 0.29) is 0 Å². The molecule has 0 fully saturated rings. The number of benzene rings is 9. The predicted octanol–water partition coefficient (Wildman–Crippen LogP) is 11.8. The number of rotatable bonds is 3. The van der Waals surface area contributed by atoms with Crippen molar-refractivity contribution in [2.45, 2.75) is 0 Å². The monoisotopic (exact) mass is 582 g/mol. The first-order chi connectivity index (χ1) is 22.8. The minimum Gasteiger partial charge on any atom is -0.228 e. The van der Waals surface area contributed by atoms with Gasteiger partial charge in [-0.3, -0.25) is 0 Å². The van der Waals surface area contributed by atoms with Gasteiger partial charge in [0.1, 0.15) is 0 Å². The van der Waals surface area contributed by atoms with E-state index in [4.69, 9.17) is 9.97 Å². The number of hydrogen-bond donors (Lipinski definition) is 0. The van der Waals surface area contributed by atoms with Crippen LogP contribution in [-0.4, -0.2) is 9.97 Å². The predicted molar refractivity (Wildman–Crippen MR) is 195 cm³/mol. The van der Waals surface area contributed by atoms with E-state index in [1.165, 1.54) is 70.7 Å². The van der Waals surface area contributed by atoms with Crippen molar-refractivity contribution in [1.82, 2.24) is 9.97 Å². The molecule has 0 unspecified atom stereocenters. The first-order valence-electron chi connectivity index (χ1n) is 15.7. The maximum absolute atomic E-state index is 5.19. The lowest BCUT2D eigenvalue weighted by Crippen LogP contribution is -1.96. The summed E-state index contributed by atoms with van der Waals surface area (Å²) >= 11 is 0. The normalized spacial score (nSPS) is 11.9. The molecule has 0 atom stereocenters. The second-order valence-corrected chi connectivity index (χ2v) is 12.2. The topological polar surface area (TPSA) is 25.8 Å². The standard InChI is InChI=1S/C44H26N2/c1-3-11-30-24-32(18-16-27(30)8-1)38-26-39(35-15-7-13-29-10-5-6-14-34(29)35)37-21-23-41-43-40(22-20-36(38)42(37)43)45-44(46-41)33-19-17-28-9-2-4-12-31(28)25-33/h1-26H. The first-order valence-corrected chi connectivity index (χ1v) is 15.7. The summed E-state index contributed by atoms with van der Waals surface area (Å²) in [6.45, 7) is 0. The Kier molecular flexibility index (Phi) is 5.31. The lowest BCUT2D eigenvalue weighted by molar-refractivity contribution is 1.27. The van der Waals surface area contributed by atoms with Crippen LogP contribution in [0.3, 0.4) is 0 Å². The number of fused-ring (bicyclic) bond motifs is 3. The summed E-state index contributed by atoms with van der Waals surface area (Å²) in [7, 11) is 0. The van der Waals surface area contributed by atoms with Crippen molar-refractivity contribution in [2.24, 2.45) is 0 Å². The van der Waals surface area contributed by atoms with Gasteiger partial charge < -0.3 is 0 Å². The van der Waals surface area contributed by atoms with Crippen LogP contribution in [0, 0.1) is 0 Å². The van der Waals surface area contributed by atoms with E-state index in [9.17, 15) is 0 Å². The van der Waals surface area contributed by atoms with E-state index >= 15 is 0 Å². The summed E-state index contributed by atoms with van der Waals surface area (Å²) in [4.78, 5) is 10.4. The molecule has 0 aliphatic carbocycles. The summed E-state index contributed by atoms with van der Waals surface area (Å²) in [5.74, 6) is 0.751. The molecule has 0 saturated carbocycles. The van der Waals surface area contributed by atoms with E-state index < -0.39 is 0 Å². The van der Waals surface area contributed by atoms with Crippen LogP contribution in [0.4, 0.5) is 0 Å². The minimum atomic E-state index is 0.751. The average molecular weight is 583 g/mol. The van der Waals surface area contributed by atoms with Gasteiger partial charge >= 0.3 is 0 Å². The molecule has 0 spiro atoms. The molecule has 2 heteroatoms. The Balaban J connectivity index is 1.30. The maximum Gasteiger partial charge on any atom is 0.160 e. The summed E-state index contributed by atoms with van der Waals surface area (Å²) in [5.41, 5.74) is 7.83. The molecule has 9 aromatic carbocycles. The highest BCUT2D eigenvalue weighted by atomic mass is 14.9. The van der Waals surface area contributed by atoms with Crippen LogP contribution in [0.25, 0.3) is 98.5 Å². The highest BCUT2D eigenvalue weighted by Gasteiger charge is 2.20. The minimum absolute atomic E-state index is 0.751. The van der Waals surface area contributed by atoms with Gasteiger partial charge in [-0.15, -0.1) is 0 Å². The molecule has 46 heavy (non-hydrogen) atoms.